The van der Waals surface area contributed by atoms with Gasteiger partial charge in [0.1, 0.15) is 6.10 Å². The summed E-state index contributed by atoms with van der Waals surface area (Å²) in [6, 6.07) is 6.28. The first-order chi connectivity index (χ1) is 12.9. The lowest BCUT2D eigenvalue weighted by Crippen LogP contribution is -2.36. The van der Waals surface area contributed by atoms with Gasteiger partial charge in [-0.1, -0.05) is 26.0 Å². The number of nitrogens with one attached hydrogen (secondary N) is 1. The van der Waals surface area contributed by atoms with E-state index in [1.807, 2.05) is 19.2 Å². The predicted molar refractivity (Wildman–Crippen MR) is 109 cm³/mol. The van der Waals surface area contributed by atoms with Crippen molar-refractivity contribution in [1.29, 1.82) is 0 Å². The Labute approximate surface area is 165 Å². The van der Waals surface area contributed by atoms with Crippen molar-refractivity contribution >= 4 is 22.4 Å². The number of thiazole rings is 1. The van der Waals surface area contributed by atoms with Crippen LogP contribution < -0.4 is 5.32 Å². The first kappa shape index (κ1) is 20.0. The molecule has 1 aromatic heterocycles. The predicted octanol–water partition coefficient (Wildman–Crippen LogP) is 4.59. The Hall–Kier alpha value is -1.76. The Morgan fingerprint density at radius 3 is 2.85 bits per heavy atom. The van der Waals surface area contributed by atoms with E-state index in [0.29, 0.717) is 11.7 Å². The topological polar surface area (TPSA) is 60.5 Å². The minimum Gasteiger partial charge on any atom is -0.376 e. The van der Waals surface area contributed by atoms with Crippen LogP contribution in [0.4, 0.5) is 5.13 Å². The minimum absolute atomic E-state index is 0.0746. The first-order valence-corrected chi connectivity index (χ1v) is 10.4. The molecule has 0 bridgehead atoms. The van der Waals surface area contributed by atoms with Gasteiger partial charge in [0.2, 0.25) is 0 Å². The van der Waals surface area contributed by atoms with E-state index in [4.69, 9.17) is 9.47 Å². The third-order valence-corrected chi connectivity index (χ3v) is 5.64. The van der Waals surface area contributed by atoms with Gasteiger partial charge < -0.3 is 9.47 Å². The molecule has 1 aliphatic rings. The van der Waals surface area contributed by atoms with E-state index in [1.54, 1.807) is 0 Å². The number of hydrogen-bond donors (Lipinski definition) is 1. The summed E-state index contributed by atoms with van der Waals surface area (Å²) in [5.41, 5.74) is 4.42. The molecule has 27 heavy (non-hydrogen) atoms. The highest BCUT2D eigenvalue weighted by atomic mass is 32.1. The maximum absolute atomic E-state index is 12.7. The van der Waals surface area contributed by atoms with E-state index in [2.05, 4.69) is 42.3 Å². The summed E-state index contributed by atoms with van der Waals surface area (Å²) in [5, 5.41) is 5.48. The van der Waals surface area contributed by atoms with Crippen LogP contribution in [0.15, 0.2) is 23.6 Å². The zero-order valence-electron chi connectivity index (χ0n) is 16.5. The SMILES string of the molecule is Cc1ccc(-c2csc(NC(=O)C(OCC3CCCO3)C(C)C)n2)cc1C. The summed E-state index contributed by atoms with van der Waals surface area (Å²) >= 11 is 1.43. The number of anilines is 1. The standard InChI is InChI=1S/C21H28N2O3S/c1-13(2)19(26-11-17-6-5-9-25-17)20(24)23-21-22-18(12-27-21)16-8-7-14(3)15(4)10-16/h7-8,10,12-13,17,19H,5-6,9,11H2,1-4H3,(H,22,23,24). The summed E-state index contributed by atoms with van der Waals surface area (Å²) in [6.45, 7) is 9.40. The van der Waals surface area contributed by atoms with E-state index >= 15 is 0 Å². The van der Waals surface area contributed by atoms with Crippen molar-refractivity contribution in [3.8, 4) is 11.3 Å². The zero-order chi connectivity index (χ0) is 19.4. The fraction of sp³-hybridized carbons (Fsp3) is 0.524. The van der Waals surface area contributed by atoms with Crippen LogP contribution in [0.3, 0.4) is 0 Å². The number of carbonyl (C=O) groups excluding carboxylic acids is 1. The molecule has 1 N–H and O–H groups in total. The van der Waals surface area contributed by atoms with Crippen molar-refractivity contribution in [2.45, 2.75) is 52.7 Å². The van der Waals surface area contributed by atoms with E-state index in [0.717, 1.165) is 30.7 Å². The number of amides is 1. The van der Waals surface area contributed by atoms with Gasteiger partial charge in [0.05, 0.1) is 18.4 Å². The molecule has 0 radical (unpaired) electrons. The molecule has 1 aliphatic heterocycles. The molecule has 0 saturated carbocycles. The van der Waals surface area contributed by atoms with E-state index < -0.39 is 6.10 Å². The molecule has 5 nitrogen and oxygen atoms in total. The van der Waals surface area contributed by atoms with Crippen LogP contribution in [0.5, 0.6) is 0 Å². The molecule has 0 spiro atoms. The molecule has 146 valence electrons. The summed E-state index contributed by atoms with van der Waals surface area (Å²) in [5.74, 6) is -0.0745. The van der Waals surface area contributed by atoms with Gasteiger partial charge in [-0.05, 0) is 49.8 Å². The third-order valence-electron chi connectivity index (χ3n) is 4.89. The van der Waals surface area contributed by atoms with Gasteiger partial charge in [-0.15, -0.1) is 11.3 Å². The van der Waals surface area contributed by atoms with Crippen LogP contribution >= 0.6 is 11.3 Å². The largest absolute Gasteiger partial charge is 0.376 e. The van der Waals surface area contributed by atoms with Crippen molar-refractivity contribution in [3.63, 3.8) is 0 Å². The molecule has 6 heteroatoms. The van der Waals surface area contributed by atoms with E-state index in [1.165, 1.54) is 22.5 Å². The minimum atomic E-state index is -0.511. The maximum atomic E-state index is 12.7. The molecule has 0 aliphatic carbocycles. The molecule has 1 fully saturated rings. The zero-order valence-corrected chi connectivity index (χ0v) is 17.3. The van der Waals surface area contributed by atoms with E-state index in [-0.39, 0.29) is 17.9 Å². The highest BCUT2D eigenvalue weighted by molar-refractivity contribution is 7.14. The summed E-state index contributed by atoms with van der Waals surface area (Å²) in [6.07, 6.45) is 1.66. The summed E-state index contributed by atoms with van der Waals surface area (Å²) < 4.78 is 11.5. The first-order valence-electron chi connectivity index (χ1n) is 9.51. The smallest absolute Gasteiger partial charge is 0.255 e. The van der Waals surface area contributed by atoms with Crippen molar-refractivity contribution in [2.24, 2.45) is 5.92 Å². The van der Waals surface area contributed by atoms with Gasteiger partial charge in [0.25, 0.3) is 5.91 Å². The average molecular weight is 389 g/mol. The number of rotatable bonds is 7. The maximum Gasteiger partial charge on any atom is 0.255 e. The number of ether oxygens (including phenoxy) is 2. The molecule has 1 saturated heterocycles. The Morgan fingerprint density at radius 2 is 2.19 bits per heavy atom. The van der Waals surface area contributed by atoms with Crippen molar-refractivity contribution in [2.75, 3.05) is 18.5 Å². The summed E-state index contributed by atoms with van der Waals surface area (Å²) in [4.78, 5) is 17.3. The van der Waals surface area contributed by atoms with Crippen LogP contribution in [0, 0.1) is 19.8 Å². The quantitative estimate of drug-likeness (QED) is 0.754. The number of aromatic nitrogens is 1. The lowest BCUT2D eigenvalue weighted by Gasteiger charge is -2.22. The number of aryl methyl sites for hydroxylation is 2. The Morgan fingerprint density at radius 1 is 1.37 bits per heavy atom. The van der Waals surface area contributed by atoms with Crippen LogP contribution in [0.1, 0.15) is 37.8 Å². The summed E-state index contributed by atoms with van der Waals surface area (Å²) in [7, 11) is 0. The Bertz CT molecular complexity index is 781. The molecule has 2 aromatic rings. The van der Waals surface area contributed by atoms with Crippen LogP contribution in [0.25, 0.3) is 11.3 Å². The van der Waals surface area contributed by atoms with Gasteiger partial charge in [-0.2, -0.15) is 0 Å². The second kappa shape index (κ2) is 8.95. The normalized spacial score (nSPS) is 18.0. The van der Waals surface area contributed by atoms with Crippen molar-refractivity contribution in [1.82, 2.24) is 4.98 Å². The Balaban J connectivity index is 1.63. The van der Waals surface area contributed by atoms with Gasteiger partial charge in [-0.3, -0.25) is 10.1 Å². The molecular weight excluding hydrogens is 360 g/mol. The number of nitrogens with zero attached hydrogens (tertiary/aromatic N) is 1. The Kier molecular flexibility index (Phi) is 6.63. The monoisotopic (exact) mass is 388 g/mol. The van der Waals surface area contributed by atoms with Crippen LogP contribution in [0.2, 0.25) is 0 Å². The second-order valence-electron chi connectivity index (χ2n) is 7.46. The van der Waals surface area contributed by atoms with Crippen LogP contribution in [-0.4, -0.2) is 36.3 Å². The van der Waals surface area contributed by atoms with Gasteiger partial charge in [-0.25, -0.2) is 4.98 Å². The average Bonchev–Trinajstić information content (AvgIpc) is 3.29. The molecular formula is C21H28N2O3S. The third kappa shape index (κ3) is 5.15. The highest BCUT2D eigenvalue weighted by Crippen LogP contribution is 2.27. The second-order valence-corrected chi connectivity index (χ2v) is 8.32. The van der Waals surface area contributed by atoms with E-state index in [9.17, 15) is 4.79 Å². The van der Waals surface area contributed by atoms with Gasteiger partial charge in [0.15, 0.2) is 5.13 Å². The number of carbonyl (C=O) groups is 1. The highest BCUT2D eigenvalue weighted by Gasteiger charge is 2.26. The molecule has 1 amide bonds. The molecule has 2 unspecified atom stereocenters. The molecule has 2 atom stereocenters. The lowest BCUT2D eigenvalue weighted by molar-refractivity contribution is -0.132. The van der Waals surface area contributed by atoms with Gasteiger partial charge in [0, 0.05) is 17.6 Å². The fourth-order valence-corrected chi connectivity index (χ4v) is 3.82. The lowest BCUT2D eigenvalue weighted by atomic mass is 10.1. The molecule has 3 rings (SSSR count). The van der Waals surface area contributed by atoms with Crippen molar-refractivity contribution in [3.05, 3.63) is 34.7 Å². The number of hydrogen-bond acceptors (Lipinski definition) is 5. The molecule has 2 heterocycles. The van der Waals surface area contributed by atoms with Crippen molar-refractivity contribution < 1.29 is 14.3 Å². The fourth-order valence-electron chi connectivity index (χ4n) is 3.10. The van der Waals surface area contributed by atoms with Gasteiger partial charge >= 0.3 is 0 Å². The number of benzene rings is 1. The van der Waals surface area contributed by atoms with Crippen LogP contribution in [-0.2, 0) is 14.3 Å². The molecule has 1 aromatic carbocycles.